The highest BCUT2D eigenvalue weighted by molar-refractivity contribution is 7.91. The molecule has 0 radical (unpaired) electrons. The Labute approximate surface area is 126 Å². The van der Waals surface area contributed by atoms with E-state index in [4.69, 9.17) is 0 Å². The first kappa shape index (κ1) is 19.9. The maximum absolute atomic E-state index is 12.0. The summed E-state index contributed by atoms with van der Waals surface area (Å²) >= 11 is 0. The van der Waals surface area contributed by atoms with E-state index in [2.05, 4.69) is 33.0 Å². The van der Waals surface area contributed by atoms with Crippen molar-refractivity contribution in [1.82, 2.24) is 5.32 Å². The first-order valence-corrected chi connectivity index (χ1v) is 10.1. The fourth-order valence-electron chi connectivity index (χ4n) is 2.54. The molecular formula is C16H35NO2S. The van der Waals surface area contributed by atoms with Gasteiger partial charge in [-0.25, -0.2) is 8.42 Å². The van der Waals surface area contributed by atoms with Gasteiger partial charge in [-0.2, -0.15) is 0 Å². The van der Waals surface area contributed by atoms with Gasteiger partial charge in [-0.1, -0.05) is 47.5 Å². The maximum Gasteiger partial charge on any atom is 0.150 e. The molecule has 3 nitrogen and oxygen atoms in total. The number of hydrogen-bond donors (Lipinski definition) is 1. The van der Waals surface area contributed by atoms with E-state index < -0.39 is 9.84 Å². The Balaban J connectivity index is 4.72. The van der Waals surface area contributed by atoms with Crippen molar-refractivity contribution in [3.8, 4) is 0 Å². The molecule has 0 fully saturated rings. The minimum Gasteiger partial charge on any atom is -0.314 e. The number of nitrogens with one attached hydrogen (secondary N) is 1. The van der Waals surface area contributed by atoms with Crippen molar-refractivity contribution in [1.29, 1.82) is 0 Å². The molecule has 0 aromatic rings. The summed E-state index contributed by atoms with van der Waals surface area (Å²) in [6.45, 7) is 11.6. The van der Waals surface area contributed by atoms with E-state index in [-0.39, 0.29) is 5.41 Å². The fraction of sp³-hybridized carbons (Fsp3) is 1.00. The van der Waals surface area contributed by atoms with Gasteiger partial charge in [-0.05, 0) is 31.1 Å². The summed E-state index contributed by atoms with van der Waals surface area (Å²) in [6.07, 6.45) is 6.05. The summed E-state index contributed by atoms with van der Waals surface area (Å²) < 4.78 is 24.0. The van der Waals surface area contributed by atoms with E-state index in [0.29, 0.717) is 17.5 Å². The van der Waals surface area contributed by atoms with Crippen LogP contribution in [0.3, 0.4) is 0 Å². The third kappa shape index (κ3) is 8.25. The molecule has 122 valence electrons. The molecule has 0 aliphatic rings. The molecule has 0 spiro atoms. The van der Waals surface area contributed by atoms with Crippen LogP contribution in [-0.4, -0.2) is 32.5 Å². The zero-order valence-corrected chi connectivity index (χ0v) is 15.0. The third-order valence-electron chi connectivity index (χ3n) is 4.15. The van der Waals surface area contributed by atoms with Crippen LogP contribution in [0.2, 0.25) is 0 Å². The predicted molar refractivity (Wildman–Crippen MR) is 88.9 cm³/mol. The third-order valence-corrected chi connectivity index (χ3v) is 6.01. The van der Waals surface area contributed by atoms with Crippen molar-refractivity contribution in [3.63, 3.8) is 0 Å². The Kier molecular flexibility index (Phi) is 9.73. The van der Waals surface area contributed by atoms with Crippen LogP contribution in [0.5, 0.6) is 0 Å². The number of sulfone groups is 1. The minimum atomic E-state index is -2.87. The van der Waals surface area contributed by atoms with Crippen LogP contribution in [0, 0.1) is 5.41 Å². The lowest BCUT2D eigenvalue weighted by atomic mass is 9.77. The molecule has 20 heavy (non-hydrogen) atoms. The van der Waals surface area contributed by atoms with E-state index in [1.165, 1.54) is 12.8 Å². The molecule has 0 aromatic carbocycles. The molecule has 0 aliphatic carbocycles. The highest BCUT2D eigenvalue weighted by Gasteiger charge is 2.29. The van der Waals surface area contributed by atoms with Crippen LogP contribution in [0.1, 0.15) is 73.1 Å². The standard InChI is InChI=1S/C16H35NO2S/c1-6-9-10-16(8-3,14-17-15(4)5)11-13-20(18,19)12-7-2/h15,17H,6-14H2,1-5H3. The molecule has 0 saturated carbocycles. The van der Waals surface area contributed by atoms with Crippen LogP contribution >= 0.6 is 0 Å². The summed E-state index contributed by atoms with van der Waals surface area (Å²) in [5, 5.41) is 3.52. The zero-order valence-electron chi connectivity index (χ0n) is 14.2. The van der Waals surface area contributed by atoms with Gasteiger partial charge < -0.3 is 5.32 Å². The monoisotopic (exact) mass is 305 g/mol. The topological polar surface area (TPSA) is 46.2 Å². The van der Waals surface area contributed by atoms with Crippen molar-refractivity contribution in [2.75, 3.05) is 18.1 Å². The van der Waals surface area contributed by atoms with Crippen molar-refractivity contribution < 1.29 is 8.42 Å². The minimum absolute atomic E-state index is 0.140. The lowest BCUT2D eigenvalue weighted by molar-refractivity contribution is 0.216. The van der Waals surface area contributed by atoms with Crippen LogP contribution in [0.15, 0.2) is 0 Å². The molecular weight excluding hydrogens is 270 g/mol. The smallest absolute Gasteiger partial charge is 0.150 e. The molecule has 0 rings (SSSR count). The Hall–Kier alpha value is -0.0900. The second kappa shape index (κ2) is 9.78. The van der Waals surface area contributed by atoms with Gasteiger partial charge in [0, 0.05) is 18.3 Å². The highest BCUT2D eigenvalue weighted by Crippen LogP contribution is 2.33. The van der Waals surface area contributed by atoms with E-state index in [9.17, 15) is 8.42 Å². The summed E-state index contributed by atoms with van der Waals surface area (Å²) in [5.41, 5.74) is 0.140. The summed E-state index contributed by atoms with van der Waals surface area (Å²) in [6, 6.07) is 0.454. The predicted octanol–water partition coefficient (Wildman–Crippen LogP) is 3.79. The Morgan fingerprint density at radius 3 is 2.10 bits per heavy atom. The molecule has 1 N–H and O–H groups in total. The van der Waals surface area contributed by atoms with Crippen LogP contribution < -0.4 is 5.32 Å². The van der Waals surface area contributed by atoms with Crippen molar-refractivity contribution in [2.24, 2.45) is 5.41 Å². The number of hydrogen-bond acceptors (Lipinski definition) is 3. The molecule has 0 saturated heterocycles. The second-order valence-electron chi connectivity index (χ2n) is 6.39. The SMILES string of the molecule is CCCCC(CC)(CCS(=O)(=O)CCC)CNC(C)C. The normalized spacial score (nSPS) is 15.5. The van der Waals surface area contributed by atoms with E-state index in [0.717, 1.165) is 32.2 Å². The zero-order chi connectivity index (χ0) is 15.6. The largest absolute Gasteiger partial charge is 0.314 e. The molecule has 1 atom stereocenters. The summed E-state index contributed by atoms with van der Waals surface area (Å²) in [5.74, 6) is 0.677. The average Bonchev–Trinajstić information content (AvgIpc) is 2.38. The van der Waals surface area contributed by atoms with Gasteiger partial charge in [0.05, 0.1) is 5.75 Å². The Bertz CT molecular complexity index is 338. The highest BCUT2D eigenvalue weighted by atomic mass is 32.2. The molecule has 0 aromatic heterocycles. The van der Waals surface area contributed by atoms with Crippen molar-refractivity contribution in [3.05, 3.63) is 0 Å². The van der Waals surface area contributed by atoms with Gasteiger partial charge in [-0.15, -0.1) is 0 Å². The Morgan fingerprint density at radius 1 is 1.00 bits per heavy atom. The maximum atomic E-state index is 12.0. The summed E-state index contributed by atoms with van der Waals surface area (Å²) in [7, 11) is -2.87. The molecule has 4 heteroatoms. The van der Waals surface area contributed by atoms with Gasteiger partial charge in [0.25, 0.3) is 0 Å². The van der Waals surface area contributed by atoms with Gasteiger partial charge in [0.2, 0.25) is 0 Å². The van der Waals surface area contributed by atoms with Gasteiger partial charge in [0.15, 0.2) is 0 Å². The molecule has 0 aliphatic heterocycles. The van der Waals surface area contributed by atoms with Crippen molar-refractivity contribution >= 4 is 9.84 Å². The summed E-state index contributed by atoms with van der Waals surface area (Å²) in [4.78, 5) is 0. The van der Waals surface area contributed by atoms with Crippen LogP contribution in [0.4, 0.5) is 0 Å². The molecule has 0 bridgehead atoms. The van der Waals surface area contributed by atoms with Gasteiger partial charge in [0.1, 0.15) is 9.84 Å². The van der Waals surface area contributed by atoms with Gasteiger partial charge >= 0.3 is 0 Å². The average molecular weight is 306 g/mol. The number of unbranched alkanes of at least 4 members (excludes halogenated alkanes) is 1. The molecule has 0 amide bonds. The molecule has 0 heterocycles. The Morgan fingerprint density at radius 2 is 1.65 bits per heavy atom. The first-order chi connectivity index (χ1) is 9.31. The fourth-order valence-corrected chi connectivity index (χ4v) is 4.11. The van der Waals surface area contributed by atoms with Crippen LogP contribution in [0.25, 0.3) is 0 Å². The second-order valence-corrected chi connectivity index (χ2v) is 8.70. The van der Waals surface area contributed by atoms with E-state index in [1.807, 2.05) is 6.92 Å². The van der Waals surface area contributed by atoms with Crippen LogP contribution in [-0.2, 0) is 9.84 Å². The quantitative estimate of drug-likeness (QED) is 0.597. The molecule has 1 unspecified atom stereocenters. The lowest BCUT2D eigenvalue weighted by Crippen LogP contribution is -2.38. The number of rotatable bonds is 12. The van der Waals surface area contributed by atoms with E-state index in [1.54, 1.807) is 0 Å². The lowest BCUT2D eigenvalue weighted by Gasteiger charge is -2.34. The van der Waals surface area contributed by atoms with E-state index >= 15 is 0 Å². The van der Waals surface area contributed by atoms with Gasteiger partial charge in [-0.3, -0.25) is 0 Å². The van der Waals surface area contributed by atoms with Crippen molar-refractivity contribution in [2.45, 2.75) is 79.2 Å². The first-order valence-electron chi connectivity index (χ1n) is 8.24.